The third-order valence-corrected chi connectivity index (χ3v) is 5.75. The number of amides is 1. The molecule has 1 amide bonds. The van der Waals surface area contributed by atoms with Crippen molar-refractivity contribution in [1.29, 1.82) is 0 Å². The first-order valence-electron chi connectivity index (χ1n) is 13.2. The number of H-pyrrole nitrogens is 1. The number of imidazole rings is 1. The van der Waals surface area contributed by atoms with E-state index in [0.29, 0.717) is 17.9 Å². The summed E-state index contributed by atoms with van der Waals surface area (Å²) in [6.07, 6.45) is 13.8. The van der Waals surface area contributed by atoms with Gasteiger partial charge in [0, 0.05) is 48.3 Å². The molecule has 1 aromatic carbocycles. The molecule has 0 radical (unpaired) electrons. The van der Waals surface area contributed by atoms with Crippen LogP contribution in [0.1, 0.15) is 68.2 Å². The van der Waals surface area contributed by atoms with E-state index < -0.39 is 5.91 Å². The molecular weight excluding hydrogens is 494 g/mol. The first-order chi connectivity index (χ1) is 18.8. The zero-order chi connectivity index (χ0) is 28.6. The van der Waals surface area contributed by atoms with Crippen molar-refractivity contribution in [3.8, 4) is 17.1 Å². The maximum absolute atomic E-state index is 10.6. The van der Waals surface area contributed by atoms with E-state index in [0.717, 1.165) is 66.2 Å². The fraction of sp³-hybridized carbons (Fsp3) is 0.414. The number of methoxy groups -OCH3 is 1. The number of nitrogens with zero attached hydrogens (tertiary/aromatic N) is 4. The molecule has 3 aromatic heterocycles. The van der Waals surface area contributed by atoms with Gasteiger partial charge in [-0.15, -0.1) is 0 Å². The van der Waals surface area contributed by atoms with E-state index in [-0.39, 0.29) is 6.04 Å². The molecule has 210 valence electrons. The first kappa shape index (κ1) is 31.2. The van der Waals surface area contributed by atoms with Crippen molar-refractivity contribution in [3.05, 3.63) is 60.4 Å². The van der Waals surface area contributed by atoms with E-state index in [1.165, 1.54) is 6.20 Å². The van der Waals surface area contributed by atoms with Gasteiger partial charge in [0.1, 0.15) is 12.1 Å². The zero-order valence-electron chi connectivity index (χ0n) is 23.6. The van der Waals surface area contributed by atoms with Gasteiger partial charge in [-0.05, 0) is 52.2 Å². The van der Waals surface area contributed by atoms with Crippen LogP contribution >= 0.6 is 0 Å². The Morgan fingerprint density at radius 3 is 2.44 bits per heavy atom. The van der Waals surface area contributed by atoms with E-state index in [1.807, 2.05) is 46.4 Å². The van der Waals surface area contributed by atoms with Gasteiger partial charge in [-0.1, -0.05) is 25.0 Å². The molecular formula is C29H41N7O3. The maximum atomic E-state index is 10.6. The molecule has 10 nitrogen and oxygen atoms in total. The second-order valence-corrected chi connectivity index (χ2v) is 9.32. The van der Waals surface area contributed by atoms with Crippen LogP contribution in [0.4, 0.5) is 0 Å². The highest BCUT2D eigenvalue weighted by atomic mass is 16.5. The maximum Gasteiger partial charge on any atom is 0.251 e. The molecule has 0 atom stereocenters. The van der Waals surface area contributed by atoms with E-state index in [4.69, 9.17) is 10.5 Å². The summed E-state index contributed by atoms with van der Waals surface area (Å²) in [5.41, 5.74) is 7.62. The fourth-order valence-corrected chi connectivity index (χ4v) is 3.66. The highest BCUT2D eigenvalue weighted by molar-refractivity contribution is 5.92. The van der Waals surface area contributed by atoms with Gasteiger partial charge in [0.15, 0.2) is 0 Å². The number of fused-ring (bicyclic) bond motifs is 1. The van der Waals surface area contributed by atoms with E-state index in [1.54, 1.807) is 18.0 Å². The molecule has 4 rings (SSSR count). The Morgan fingerprint density at radius 2 is 1.82 bits per heavy atom. The second kappa shape index (κ2) is 16.7. The van der Waals surface area contributed by atoms with Gasteiger partial charge in [-0.2, -0.15) is 5.10 Å². The summed E-state index contributed by atoms with van der Waals surface area (Å²) in [5, 5.41) is 8.88. The second-order valence-electron chi connectivity index (χ2n) is 9.32. The van der Waals surface area contributed by atoms with E-state index in [2.05, 4.69) is 43.6 Å². The molecule has 0 bridgehead atoms. The normalized spacial score (nSPS) is 10.4. The van der Waals surface area contributed by atoms with Crippen molar-refractivity contribution >= 4 is 23.0 Å². The fourth-order valence-electron chi connectivity index (χ4n) is 3.66. The smallest absolute Gasteiger partial charge is 0.251 e. The van der Waals surface area contributed by atoms with Gasteiger partial charge in [0.2, 0.25) is 5.88 Å². The minimum Gasteiger partial charge on any atom is -0.481 e. The number of nitrogens with one attached hydrogen (secondary N) is 2. The summed E-state index contributed by atoms with van der Waals surface area (Å²) < 4.78 is 6.86. The third-order valence-electron chi connectivity index (χ3n) is 5.75. The number of rotatable bonds is 11. The molecule has 0 spiro atoms. The lowest BCUT2D eigenvalue weighted by Gasteiger charge is -2.04. The predicted molar refractivity (Wildman–Crippen MR) is 155 cm³/mol. The highest BCUT2D eigenvalue weighted by Crippen LogP contribution is 2.25. The summed E-state index contributed by atoms with van der Waals surface area (Å²) in [7, 11) is 5.37. The molecule has 4 N–H and O–H groups in total. The largest absolute Gasteiger partial charge is 0.481 e. The number of pyridine rings is 1. The standard InChI is InChI=1S/C20H23N3O2.C7H11N3O.C2H7N/c1-25-20-12-15-8-9-16(11-17(15)13-22-20)18-14-21-19(23-18)7-5-3-2-4-6-10-24;1-5(2)10-4-6(3-9-10)7(8)11;1-3-2/h8-14H,2-7H2,1H3,(H,21,23);3-5H,1-2H3,(H2,8,11);3H,1-2H3. The number of ether oxygens (including phenoxy) is 1. The Hall–Kier alpha value is -4.05. The minimum absolute atomic E-state index is 0.267. The van der Waals surface area contributed by atoms with Gasteiger partial charge in [-0.3, -0.25) is 9.48 Å². The van der Waals surface area contributed by atoms with Crippen LogP contribution in [0.3, 0.4) is 0 Å². The molecule has 0 fully saturated rings. The van der Waals surface area contributed by atoms with Crippen LogP contribution in [-0.4, -0.2) is 58.1 Å². The summed E-state index contributed by atoms with van der Waals surface area (Å²) in [6, 6.07) is 8.46. The number of benzene rings is 1. The van der Waals surface area contributed by atoms with Crippen molar-refractivity contribution < 1.29 is 14.3 Å². The number of hydrogen-bond donors (Lipinski definition) is 3. The lowest BCUT2D eigenvalue weighted by atomic mass is 10.1. The lowest BCUT2D eigenvalue weighted by molar-refractivity contribution is -0.107. The topological polar surface area (TPSA) is 141 Å². The monoisotopic (exact) mass is 535 g/mol. The molecule has 0 aliphatic heterocycles. The predicted octanol–water partition coefficient (Wildman–Crippen LogP) is 4.72. The van der Waals surface area contributed by atoms with Gasteiger partial charge in [-0.25, -0.2) is 9.97 Å². The van der Waals surface area contributed by atoms with Crippen LogP contribution in [0, 0.1) is 0 Å². The number of nitrogens with two attached hydrogens (primary N) is 1. The number of unbranched alkanes of at least 4 members (excludes halogenated alkanes) is 4. The van der Waals surface area contributed by atoms with Crippen molar-refractivity contribution in [3.63, 3.8) is 0 Å². The summed E-state index contributed by atoms with van der Waals surface area (Å²) in [6.45, 7) is 3.97. The number of aromatic nitrogens is 5. The average Bonchev–Trinajstić information content (AvgIpc) is 3.62. The summed E-state index contributed by atoms with van der Waals surface area (Å²) in [5.74, 6) is 1.20. The van der Waals surface area contributed by atoms with Crippen LogP contribution < -0.4 is 15.8 Å². The van der Waals surface area contributed by atoms with E-state index in [9.17, 15) is 9.59 Å². The summed E-state index contributed by atoms with van der Waals surface area (Å²) in [4.78, 5) is 33.1. The number of aryl methyl sites for hydroxylation is 1. The molecule has 10 heteroatoms. The van der Waals surface area contributed by atoms with Crippen molar-refractivity contribution in [1.82, 2.24) is 30.0 Å². The Kier molecular flexibility index (Phi) is 13.4. The molecule has 0 aliphatic carbocycles. The van der Waals surface area contributed by atoms with Crippen LogP contribution in [0.15, 0.2) is 49.1 Å². The van der Waals surface area contributed by atoms with Crippen molar-refractivity contribution in [2.24, 2.45) is 5.73 Å². The van der Waals surface area contributed by atoms with Crippen LogP contribution in [0.5, 0.6) is 5.88 Å². The van der Waals surface area contributed by atoms with E-state index >= 15 is 0 Å². The van der Waals surface area contributed by atoms with Gasteiger partial charge < -0.3 is 25.6 Å². The number of carbonyl (C=O) groups is 2. The molecule has 39 heavy (non-hydrogen) atoms. The lowest BCUT2D eigenvalue weighted by Crippen LogP contribution is -2.09. The first-order valence-corrected chi connectivity index (χ1v) is 13.2. The Bertz CT molecular complexity index is 1300. The van der Waals surface area contributed by atoms with Gasteiger partial charge in [0.05, 0.1) is 30.8 Å². The number of aldehydes is 1. The Morgan fingerprint density at radius 1 is 1.08 bits per heavy atom. The number of primary amides is 1. The SMILES string of the molecule is CC(C)n1cc(C(N)=O)cn1.CNC.COc1cc2ccc(-c3cnc(CCCCCCC=O)[nH]3)cc2cn1. The molecule has 0 saturated heterocycles. The quantitative estimate of drug-likeness (QED) is 0.186. The molecule has 3 heterocycles. The van der Waals surface area contributed by atoms with Crippen LogP contribution in [-0.2, 0) is 11.2 Å². The zero-order valence-corrected chi connectivity index (χ0v) is 23.6. The average molecular weight is 536 g/mol. The highest BCUT2D eigenvalue weighted by Gasteiger charge is 2.06. The van der Waals surface area contributed by atoms with Gasteiger partial charge in [0.25, 0.3) is 5.91 Å². The number of carbonyl (C=O) groups excluding carboxylic acids is 2. The number of aromatic amines is 1. The Balaban J connectivity index is 0.000000317. The summed E-state index contributed by atoms with van der Waals surface area (Å²) >= 11 is 0. The molecule has 0 saturated carbocycles. The molecule has 4 aromatic rings. The number of hydrogen-bond acceptors (Lipinski definition) is 7. The van der Waals surface area contributed by atoms with Crippen LogP contribution in [0.2, 0.25) is 0 Å². The minimum atomic E-state index is -0.433. The Labute approximate surface area is 230 Å². The van der Waals surface area contributed by atoms with Crippen molar-refractivity contribution in [2.45, 2.75) is 58.4 Å². The third kappa shape index (κ3) is 10.3. The van der Waals surface area contributed by atoms with Gasteiger partial charge >= 0.3 is 0 Å². The van der Waals surface area contributed by atoms with Crippen LogP contribution in [0.25, 0.3) is 22.0 Å². The van der Waals surface area contributed by atoms with Crippen molar-refractivity contribution in [2.75, 3.05) is 21.2 Å². The molecule has 0 aliphatic rings. The molecule has 0 unspecified atom stereocenters.